The minimum absolute atomic E-state index is 0.107. The number of carbonyl (C=O) groups is 2. The monoisotopic (exact) mass is 327 g/mol. The van der Waals surface area contributed by atoms with E-state index < -0.39 is 0 Å². The molecule has 2 heterocycles. The van der Waals surface area contributed by atoms with Gasteiger partial charge in [0, 0.05) is 37.0 Å². The van der Waals surface area contributed by atoms with Gasteiger partial charge in [-0.2, -0.15) is 5.10 Å². The molecule has 3 amide bonds. The first-order chi connectivity index (χ1) is 11.5. The number of hydrogen-bond acceptors (Lipinski definition) is 3. The predicted octanol–water partition coefficient (Wildman–Crippen LogP) is 2.32. The molecule has 1 aromatic heterocycles. The third-order valence-electron chi connectivity index (χ3n) is 3.79. The van der Waals surface area contributed by atoms with Crippen molar-refractivity contribution in [3.63, 3.8) is 0 Å². The molecular weight excluding hydrogens is 306 g/mol. The van der Waals surface area contributed by atoms with E-state index in [0.29, 0.717) is 30.4 Å². The minimum Gasteiger partial charge on any atom is -0.336 e. The fraction of sp³-hybridized carbons (Fsp3) is 0.353. The number of anilines is 2. The van der Waals surface area contributed by atoms with E-state index >= 15 is 0 Å². The number of amides is 3. The molecule has 0 radical (unpaired) electrons. The maximum atomic E-state index is 12.4. The average molecular weight is 327 g/mol. The molecule has 3 rings (SSSR count). The Kier molecular flexibility index (Phi) is 4.50. The van der Waals surface area contributed by atoms with Crippen molar-refractivity contribution in [3.05, 3.63) is 42.1 Å². The highest BCUT2D eigenvalue weighted by Gasteiger charge is 2.21. The molecule has 1 saturated heterocycles. The summed E-state index contributed by atoms with van der Waals surface area (Å²) < 4.78 is 1.78. The average Bonchev–Trinajstić information content (AvgIpc) is 3.16. The van der Waals surface area contributed by atoms with Crippen molar-refractivity contribution >= 4 is 23.4 Å². The number of urea groups is 1. The summed E-state index contributed by atoms with van der Waals surface area (Å²) in [7, 11) is 0. The number of aromatic nitrogens is 2. The predicted molar refractivity (Wildman–Crippen MR) is 92.2 cm³/mol. The first kappa shape index (κ1) is 16.0. The molecule has 2 N–H and O–H groups in total. The summed E-state index contributed by atoms with van der Waals surface area (Å²) in [6.07, 6.45) is 1.67. The van der Waals surface area contributed by atoms with Crippen molar-refractivity contribution in [3.8, 4) is 0 Å². The molecule has 0 atom stereocenters. The van der Waals surface area contributed by atoms with Crippen molar-refractivity contribution in [1.29, 1.82) is 0 Å². The van der Waals surface area contributed by atoms with Crippen LogP contribution < -0.4 is 15.5 Å². The van der Waals surface area contributed by atoms with Crippen LogP contribution in [0.5, 0.6) is 0 Å². The Morgan fingerprint density at radius 2 is 2.04 bits per heavy atom. The van der Waals surface area contributed by atoms with E-state index in [2.05, 4.69) is 29.6 Å². The van der Waals surface area contributed by atoms with Crippen molar-refractivity contribution in [2.45, 2.75) is 20.4 Å². The molecule has 126 valence electrons. The van der Waals surface area contributed by atoms with E-state index in [1.165, 1.54) is 0 Å². The Hall–Kier alpha value is -2.83. The Morgan fingerprint density at radius 1 is 1.29 bits per heavy atom. The molecule has 0 saturated carbocycles. The largest absolute Gasteiger partial charge is 0.336 e. The first-order valence-corrected chi connectivity index (χ1v) is 8.03. The van der Waals surface area contributed by atoms with Crippen LogP contribution in [0, 0.1) is 5.92 Å². The van der Waals surface area contributed by atoms with E-state index in [1.54, 1.807) is 46.1 Å². The lowest BCUT2D eigenvalue weighted by Crippen LogP contribution is -2.27. The van der Waals surface area contributed by atoms with Gasteiger partial charge in [-0.15, -0.1) is 0 Å². The first-order valence-electron chi connectivity index (χ1n) is 8.03. The van der Waals surface area contributed by atoms with Gasteiger partial charge >= 0.3 is 6.03 Å². The van der Waals surface area contributed by atoms with Gasteiger partial charge in [0.05, 0.1) is 6.20 Å². The Morgan fingerprint density at radius 3 is 2.67 bits per heavy atom. The number of carbonyl (C=O) groups excluding carboxylic acids is 2. The molecule has 7 nitrogen and oxygen atoms in total. The van der Waals surface area contributed by atoms with E-state index in [4.69, 9.17) is 0 Å². The second-order valence-corrected chi connectivity index (χ2v) is 6.18. The van der Waals surface area contributed by atoms with Crippen molar-refractivity contribution in [2.75, 3.05) is 23.3 Å². The molecule has 1 aliphatic rings. The zero-order chi connectivity index (χ0) is 17.1. The van der Waals surface area contributed by atoms with E-state index in [1.807, 2.05) is 0 Å². The molecule has 1 fully saturated rings. The van der Waals surface area contributed by atoms with Gasteiger partial charge in [0.1, 0.15) is 5.82 Å². The maximum Gasteiger partial charge on any atom is 0.321 e. The molecular formula is C17H21N5O2. The summed E-state index contributed by atoms with van der Waals surface area (Å²) in [6, 6.07) is 8.68. The maximum absolute atomic E-state index is 12.4. The van der Waals surface area contributed by atoms with Crippen LogP contribution in [0.25, 0.3) is 0 Å². The van der Waals surface area contributed by atoms with Gasteiger partial charge in [-0.25, -0.2) is 9.48 Å². The summed E-state index contributed by atoms with van der Waals surface area (Å²) >= 11 is 0. The Labute approximate surface area is 140 Å². The smallest absolute Gasteiger partial charge is 0.321 e. The summed E-state index contributed by atoms with van der Waals surface area (Å²) in [5, 5.41) is 9.86. The van der Waals surface area contributed by atoms with Crippen LogP contribution in [0.3, 0.4) is 0 Å². The molecule has 1 aliphatic heterocycles. The van der Waals surface area contributed by atoms with E-state index in [9.17, 15) is 9.59 Å². The molecule has 7 heteroatoms. The lowest BCUT2D eigenvalue weighted by atomic mass is 10.2. The van der Waals surface area contributed by atoms with Crippen molar-refractivity contribution in [2.24, 2.45) is 5.92 Å². The summed E-state index contributed by atoms with van der Waals surface area (Å²) in [6.45, 7) is 6.21. The quantitative estimate of drug-likeness (QED) is 0.884. The topological polar surface area (TPSA) is 79.3 Å². The molecule has 0 spiro atoms. The molecule has 0 unspecified atom stereocenters. The lowest BCUT2D eigenvalue weighted by Gasteiger charge is -2.14. The highest BCUT2D eigenvalue weighted by Crippen LogP contribution is 2.18. The van der Waals surface area contributed by atoms with E-state index in [-0.39, 0.29) is 11.9 Å². The van der Waals surface area contributed by atoms with Crippen LogP contribution >= 0.6 is 0 Å². The molecule has 24 heavy (non-hydrogen) atoms. The summed E-state index contributed by atoms with van der Waals surface area (Å²) in [5.41, 5.74) is 1.32. The number of rotatable bonds is 5. The van der Waals surface area contributed by atoms with Gasteiger partial charge < -0.3 is 10.6 Å². The zero-order valence-electron chi connectivity index (χ0n) is 13.8. The normalized spacial score (nSPS) is 14.1. The number of nitrogens with zero attached hydrogens (tertiary/aromatic N) is 3. The van der Waals surface area contributed by atoms with Gasteiger partial charge in [0.2, 0.25) is 0 Å². The third-order valence-corrected chi connectivity index (χ3v) is 3.79. The lowest BCUT2D eigenvalue weighted by molar-refractivity contribution is 0.102. The highest BCUT2D eigenvalue weighted by molar-refractivity contribution is 6.04. The van der Waals surface area contributed by atoms with Gasteiger partial charge in [0.25, 0.3) is 5.91 Å². The minimum atomic E-state index is -0.196. The van der Waals surface area contributed by atoms with Crippen LogP contribution in [-0.4, -0.2) is 34.8 Å². The second kappa shape index (κ2) is 6.74. The molecule has 0 bridgehead atoms. The Balaban J connectivity index is 1.69. The number of hydrogen-bond donors (Lipinski definition) is 2. The third kappa shape index (κ3) is 3.40. The van der Waals surface area contributed by atoms with E-state index in [0.717, 1.165) is 12.2 Å². The number of benzene rings is 1. The van der Waals surface area contributed by atoms with Gasteiger partial charge in [-0.05, 0) is 30.2 Å². The fourth-order valence-corrected chi connectivity index (χ4v) is 2.63. The van der Waals surface area contributed by atoms with Gasteiger partial charge in [0.15, 0.2) is 0 Å². The SMILES string of the molecule is CC(C)Cn1nccc1NC(=O)c1ccc(N2CCNC2=O)cc1. The van der Waals surface area contributed by atoms with Crippen LogP contribution in [0.1, 0.15) is 24.2 Å². The van der Waals surface area contributed by atoms with Crippen LogP contribution in [-0.2, 0) is 6.54 Å². The zero-order valence-corrected chi connectivity index (χ0v) is 13.8. The summed E-state index contributed by atoms with van der Waals surface area (Å²) in [4.78, 5) is 25.7. The van der Waals surface area contributed by atoms with Crippen LogP contribution in [0.2, 0.25) is 0 Å². The fourth-order valence-electron chi connectivity index (χ4n) is 2.63. The van der Waals surface area contributed by atoms with Crippen LogP contribution in [0.15, 0.2) is 36.5 Å². The molecule has 0 aliphatic carbocycles. The molecule has 2 aromatic rings. The van der Waals surface area contributed by atoms with Crippen molar-refractivity contribution in [1.82, 2.24) is 15.1 Å². The van der Waals surface area contributed by atoms with Crippen molar-refractivity contribution < 1.29 is 9.59 Å². The molecule has 1 aromatic carbocycles. The Bertz CT molecular complexity index is 736. The highest BCUT2D eigenvalue weighted by atomic mass is 16.2. The van der Waals surface area contributed by atoms with Crippen LogP contribution in [0.4, 0.5) is 16.3 Å². The van der Waals surface area contributed by atoms with Gasteiger partial charge in [-0.3, -0.25) is 9.69 Å². The number of nitrogens with one attached hydrogen (secondary N) is 2. The summed E-state index contributed by atoms with van der Waals surface area (Å²) in [5.74, 6) is 0.918. The standard InChI is InChI=1S/C17H21N5O2/c1-12(2)11-22-15(7-8-19-22)20-16(23)13-3-5-14(6-4-13)21-10-9-18-17(21)24/h3-8,12H,9-11H2,1-2H3,(H,18,24)(H,20,23). The second-order valence-electron chi connectivity index (χ2n) is 6.18. The van der Waals surface area contributed by atoms with Gasteiger partial charge in [-0.1, -0.05) is 13.8 Å².